The van der Waals surface area contributed by atoms with E-state index in [4.69, 9.17) is 5.26 Å². The van der Waals surface area contributed by atoms with Crippen LogP contribution in [0.2, 0.25) is 0 Å². The molecule has 3 nitrogen and oxygen atoms in total. The number of likely N-dealkylation sites (tertiary alicyclic amines) is 1. The summed E-state index contributed by atoms with van der Waals surface area (Å²) >= 11 is 0. The van der Waals surface area contributed by atoms with Crippen LogP contribution in [0.15, 0.2) is 0 Å². The fraction of sp³-hybridized carbons (Fsp3) is 0.857. The van der Waals surface area contributed by atoms with Crippen LogP contribution in [0.3, 0.4) is 0 Å². The van der Waals surface area contributed by atoms with Crippen molar-refractivity contribution in [2.45, 2.75) is 47.0 Å². The van der Waals surface area contributed by atoms with Gasteiger partial charge in [0, 0.05) is 13.1 Å². The van der Waals surface area contributed by atoms with Crippen molar-refractivity contribution in [3.63, 3.8) is 0 Å². The lowest BCUT2D eigenvalue weighted by atomic mass is 9.78. The first-order valence-corrected chi connectivity index (χ1v) is 6.62. The Morgan fingerprint density at radius 2 is 1.94 bits per heavy atom. The Balaban J connectivity index is 2.60. The van der Waals surface area contributed by atoms with Gasteiger partial charge < -0.3 is 4.90 Å². The van der Waals surface area contributed by atoms with Gasteiger partial charge in [0.05, 0.1) is 6.07 Å². The summed E-state index contributed by atoms with van der Waals surface area (Å²) in [5.74, 6) is -0.339. The number of piperidine rings is 1. The SMILES string of the molecule is CCC1(C)CCN(C(=O)C(C#N)C(C)C)CC1. The van der Waals surface area contributed by atoms with Crippen LogP contribution in [0, 0.1) is 28.6 Å². The molecule has 0 aromatic heterocycles. The van der Waals surface area contributed by atoms with Crippen molar-refractivity contribution in [2.24, 2.45) is 17.3 Å². The van der Waals surface area contributed by atoms with Gasteiger partial charge >= 0.3 is 0 Å². The largest absolute Gasteiger partial charge is 0.342 e. The summed E-state index contributed by atoms with van der Waals surface area (Å²) in [5, 5.41) is 9.05. The Morgan fingerprint density at radius 3 is 2.29 bits per heavy atom. The third kappa shape index (κ3) is 3.21. The smallest absolute Gasteiger partial charge is 0.240 e. The number of hydrogen-bond acceptors (Lipinski definition) is 2. The monoisotopic (exact) mass is 236 g/mol. The molecule has 17 heavy (non-hydrogen) atoms. The Labute approximate surface area is 105 Å². The number of nitriles is 1. The molecule has 1 heterocycles. The second-order valence-corrected chi connectivity index (χ2v) is 5.84. The van der Waals surface area contributed by atoms with Crippen molar-refractivity contribution in [3.05, 3.63) is 0 Å². The highest BCUT2D eigenvalue weighted by Crippen LogP contribution is 2.34. The molecule has 0 aromatic carbocycles. The Kier molecular flexibility index (Phi) is 4.56. The number of rotatable bonds is 3. The predicted molar refractivity (Wildman–Crippen MR) is 68.2 cm³/mol. The van der Waals surface area contributed by atoms with Gasteiger partial charge in [-0.25, -0.2) is 0 Å². The third-order valence-electron chi connectivity index (χ3n) is 4.21. The zero-order valence-corrected chi connectivity index (χ0v) is 11.5. The maximum atomic E-state index is 12.2. The molecule has 0 radical (unpaired) electrons. The van der Waals surface area contributed by atoms with Gasteiger partial charge in [0.25, 0.3) is 0 Å². The molecule has 0 saturated carbocycles. The third-order valence-corrected chi connectivity index (χ3v) is 4.21. The molecule has 1 aliphatic heterocycles. The van der Waals surface area contributed by atoms with Gasteiger partial charge in [0.15, 0.2) is 0 Å². The number of carbonyl (C=O) groups is 1. The second-order valence-electron chi connectivity index (χ2n) is 5.84. The normalized spacial score (nSPS) is 21.1. The average molecular weight is 236 g/mol. The molecule has 0 aliphatic carbocycles. The lowest BCUT2D eigenvalue weighted by molar-refractivity contribution is -0.137. The summed E-state index contributed by atoms with van der Waals surface area (Å²) in [5.41, 5.74) is 0.386. The van der Waals surface area contributed by atoms with E-state index in [0.29, 0.717) is 5.41 Å². The molecule has 1 atom stereocenters. The number of nitrogens with zero attached hydrogens (tertiary/aromatic N) is 2. The minimum Gasteiger partial charge on any atom is -0.342 e. The molecular formula is C14H24N2O. The summed E-state index contributed by atoms with van der Waals surface area (Å²) in [7, 11) is 0. The summed E-state index contributed by atoms with van der Waals surface area (Å²) < 4.78 is 0. The van der Waals surface area contributed by atoms with Gasteiger partial charge in [-0.05, 0) is 24.2 Å². The van der Waals surface area contributed by atoms with Crippen LogP contribution in [0.25, 0.3) is 0 Å². The second kappa shape index (κ2) is 5.53. The molecule has 0 spiro atoms. The highest BCUT2D eigenvalue weighted by molar-refractivity contribution is 5.81. The Bertz CT molecular complexity index is 309. The highest BCUT2D eigenvalue weighted by Gasteiger charge is 2.33. The molecule has 0 bridgehead atoms. The quantitative estimate of drug-likeness (QED) is 0.756. The summed E-state index contributed by atoms with van der Waals surface area (Å²) in [4.78, 5) is 14.1. The molecule has 1 unspecified atom stereocenters. The molecule has 0 aromatic rings. The summed E-state index contributed by atoms with van der Waals surface area (Å²) in [6.45, 7) is 10.0. The van der Waals surface area contributed by atoms with Crippen LogP contribution in [0.4, 0.5) is 0 Å². The molecule has 3 heteroatoms. The van der Waals surface area contributed by atoms with Gasteiger partial charge in [0.2, 0.25) is 5.91 Å². The van der Waals surface area contributed by atoms with Crippen molar-refractivity contribution in [2.75, 3.05) is 13.1 Å². The van der Waals surface area contributed by atoms with Crippen LogP contribution in [-0.4, -0.2) is 23.9 Å². The van der Waals surface area contributed by atoms with E-state index in [1.807, 2.05) is 18.7 Å². The van der Waals surface area contributed by atoms with Crippen LogP contribution in [0.1, 0.15) is 47.0 Å². The molecule has 1 fully saturated rings. The van der Waals surface area contributed by atoms with Crippen LogP contribution < -0.4 is 0 Å². The first-order chi connectivity index (χ1) is 7.93. The van der Waals surface area contributed by atoms with E-state index in [0.717, 1.165) is 25.9 Å². The standard InChI is InChI=1S/C14H24N2O/c1-5-14(4)6-8-16(9-7-14)13(17)12(10-15)11(2)3/h11-12H,5-9H2,1-4H3. The van der Waals surface area contributed by atoms with Gasteiger partial charge in [-0.1, -0.05) is 34.1 Å². The molecule has 0 N–H and O–H groups in total. The van der Waals surface area contributed by atoms with Crippen molar-refractivity contribution < 1.29 is 4.79 Å². The zero-order chi connectivity index (χ0) is 13.1. The van der Waals surface area contributed by atoms with Crippen molar-refractivity contribution in [1.82, 2.24) is 4.90 Å². The zero-order valence-electron chi connectivity index (χ0n) is 11.5. The van der Waals surface area contributed by atoms with Gasteiger partial charge in [0.1, 0.15) is 5.92 Å². The molecule has 1 rings (SSSR count). The molecule has 1 amide bonds. The maximum Gasteiger partial charge on any atom is 0.240 e. The van der Waals surface area contributed by atoms with E-state index in [1.165, 1.54) is 6.42 Å². The Morgan fingerprint density at radius 1 is 1.41 bits per heavy atom. The molecular weight excluding hydrogens is 212 g/mol. The van der Waals surface area contributed by atoms with E-state index >= 15 is 0 Å². The molecule has 1 saturated heterocycles. The minimum atomic E-state index is -0.471. The van der Waals surface area contributed by atoms with E-state index in [1.54, 1.807) is 0 Å². The number of amides is 1. The lowest BCUT2D eigenvalue weighted by Crippen LogP contribution is -2.45. The van der Waals surface area contributed by atoms with Gasteiger partial charge in [-0.3, -0.25) is 4.79 Å². The van der Waals surface area contributed by atoms with Gasteiger partial charge in [-0.15, -0.1) is 0 Å². The van der Waals surface area contributed by atoms with Crippen molar-refractivity contribution in [3.8, 4) is 6.07 Å². The first-order valence-electron chi connectivity index (χ1n) is 6.62. The molecule has 96 valence electrons. The minimum absolute atomic E-state index is 0.0284. The fourth-order valence-corrected chi connectivity index (χ4v) is 2.31. The first kappa shape index (κ1) is 14.0. The molecule has 1 aliphatic rings. The average Bonchev–Trinajstić information content (AvgIpc) is 2.30. The van der Waals surface area contributed by atoms with E-state index in [-0.39, 0.29) is 11.8 Å². The fourth-order valence-electron chi connectivity index (χ4n) is 2.31. The van der Waals surface area contributed by atoms with Gasteiger partial charge in [-0.2, -0.15) is 5.26 Å². The van der Waals surface area contributed by atoms with E-state index < -0.39 is 5.92 Å². The van der Waals surface area contributed by atoms with Crippen molar-refractivity contribution >= 4 is 5.91 Å². The summed E-state index contributed by atoms with van der Waals surface area (Å²) in [6.07, 6.45) is 3.29. The highest BCUT2D eigenvalue weighted by atomic mass is 16.2. The number of hydrogen-bond donors (Lipinski definition) is 0. The lowest BCUT2D eigenvalue weighted by Gasteiger charge is -2.39. The number of carbonyl (C=O) groups excluding carboxylic acids is 1. The van der Waals surface area contributed by atoms with E-state index in [9.17, 15) is 4.79 Å². The topological polar surface area (TPSA) is 44.1 Å². The summed E-state index contributed by atoms with van der Waals surface area (Å²) in [6, 6.07) is 2.14. The van der Waals surface area contributed by atoms with Crippen LogP contribution >= 0.6 is 0 Å². The Hall–Kier alpha value is -1.04. The van der Waals surface area contributed by atoms with Crippen LogP contribution in [-0.2, 0) is 4.79 Å². The van der Waals surface area contributed by atoms with E-state index in [2.05, 4.69) is 19.9 Å². The van der Waals surface area contributed by atoms with Crippen LogP contribution in [0.5, 0.6) is 0 Å². The maximum absolute atomic E-state index is 12.2. The van der Waals surface area contributed by atoms with Crippen molar-refractivity contribution in [1.29, 1.82) is 5.26 Å². The predicted octanol–water partition coefficient (Wildman–Crippen LogP) is 2.82.